The Labute approximate surface area is 181 Å². The molecule has 0 saturated carbocycles. The van der Waals surface area contributed by atoms with Crippen molar-refractivity contribution in [2.24, 2.45) is 0 Å². The van der Waals surface area contributed by atoms with Crippen LogP contribution in [0.2, 0.25) is 0 Å². The predicted octanol–water partition coefficient (Wildman–Crippen LogP) is 4.71. The van der Waals surface area contributed by atoms with Crippen molar-refractivity contribution in [2.45, 2.75) is 24.8 Å². The molecule has 0 spiro atoms. The van der Waals surface area contributed by atoms with Crippen LogP contribution < -0.4 is 4.90 Å². The lowest BCUT2D eigenvalue weighted by atomic mass is 10.0. The molecular formula is C24H21FN2O3S. The molecule has 0 N–H and O–H groups in total. The quantitative estimate of drug-likeness (QED) is 0.561. The monoisotopic (exact) mass is 436 g/mol. The minimum atomic E-state index is -3.31. The Bertz CT molecular complexity index is 1260. The van der Waals surface area contributed by atoms with Crippen LogP contribution in [0.15, 0.2) is 71.6 Å². The summed E-state index contributed by atoms with van der Waals surface area (Å²) in [6, 6.07) is 19.8. The van der Waals surface area contributed by atoms with Crippen LogP contribution >= 0.6 is 0 Å². The predicted molar refractivity (Wildman–Crippen MR) is 118 cm³/mol. The van der Waals surface area contributed by atoms with Crippen LogP contribution in [0, 0.1) is 17.1 Å². The number of nitriles is 1. The van der Waals surface area contributed by atoms with E-state index < -0.39 is 15.7 Å². The maximum absolute atomic E-state index is 13.9. The summed E-state index contributed by atoms with van der Waals surface area (Å²) in [6.07, 6.45) is 1.40. The molecule has 0 radical (unpaired) electrons. The summed E-state index contributed by atoms with van der Waals surface area (Å²) in [4.78, 5) is 14.2. The number of carbonyl (C=O) groups is 1. The number of benzene rings is 3. The van der Waals surface area contributed by atoms with E-state index in [0.717, 1.165) is 22.8 Å². The third-order valence-electron chi connectivity index (χ3n) is 4.82. The molecule has 0 atom stereocenters. The van der Waals surface area contributed by atoms with Gasteiger partial charge in [0.2, 0.25) is 5.91 Å². The minimum Gasteiger partial charge on any atom is -0.308 e. The van der Waals surface area contributed by atoms with Crippen LogP contribution in [0.5, 0.6) is 0 Å². The van der Waals surface area contributed by atoms with E-state index in [1.54, 1.807) is 25.1 Å². The van der Waals surface area contributed by atoms with Gasteiger partial charge in [-0.25, -0.2) is 12.8 Å². The fourth-order valence-electron chi connectivity index (χ4n) is 3.20. The van der Waals surface area contributed by atoms with Crippen LogP contribution in [0.3, 0.4) is 0 Å². The van der Waals surface area contributed by atoms with Crippen molar-refractivity contribution >= 4 is 21.4 Å². The molecule has 0 heterocycles. The number of hydrogen-bond acceptors (Lipinski definition) is 4. The third kappa shape index (κ3) is 5.36. The summed E-state index contributed by atoms with van der Waals surface area (Å²) in [6.45, 7) is 1.93. The van der Waals surface area contributed by atoms with Gasteiger partial charge < -0.3 is 4.90 Å². The molecule has 1 amide bonds. The number of hydrogen-bond donors (Lipinski definition) is 0. The third-order valence-corrected chi connectivity index (χ3v) is 5.93. The van der Waals surface area contributed by atoms with E-state index in [1.807, 2.05) is 36.4 Å². The Morgan fingerprint density at radius 2 is 1.74 bits per heavy atom. The van der Waals surface area contributed by atoms with E-state index in [-0.39, 0.29) is 29.3 Å². The molecule has 0 bridgehead atoms. The summed E-state index contributed by atoms with van der Waals surface area (Å²) >= 11 is 0. The number of sulfone groups is 1. The van der Waals surface area contributed by atoms with Crippen molar-refractivity contribution in [1.29, 1.82) is 5.26 Å². The zero-order valence-electron chi connectivity index (χ0n) is 17.2. The molecule has 3 rings (SSSR count). The van der Waals surface area contributed by atoms with Crippen LogP contribution in [0.25, 0.3) is 11.1 Å². The smallest absolute Gasteiger partial charge is 0.227 e. The van der Waals surface area contributed by atoms with Gasteiger partial charge in [0.05, 0.1) is 23.1 Å². The van der Waals surface area contributed by atoms with Crippen LogP contribution in [0.4, 0.5) is 10.1 Å². The maximum Gasteiger partial charge on any atom is 0.227 e. The van der Waals surface area contributed by atoms with E-state index in [1.165, 1.54) is 23.3 Å². The number of nitrogens with zero attached hydrogens (tertiary/aromatic N) is 2. The molecular weight excluding hydrogens is 415 g/mol. The van der Waals surface area contributed by atoms with E-state index >= 15 is 0 Å². The zero-order valence-corrected chi connectivity index (χ0v) is 18.0. The fraction of sp³-hybridized carbons (Fsp3) is 0.167. The first-order valence-electron chi connectivity index (χ1n) is 9.61. The highest BCUT2D eigenvalue weighted by atomic mass is 32.2. The van der Waals surface area contributed by atoms with E-state index in [2.05, 4.69) is 0 Å². The first-order chi connectivity index (χ1) is 14.7. The summed E-state index contributed by atoms with van der Waals surface area (Å²) in [7, 11) is -3.31. The van der Waals surface area contributed by atoms with Crippen LogP contribution in [-0.2, 0) is 21.2 Å². The number of rotatable bonds is 6. The number of anilines is 1. The van der Waals surface area contributed by atoms with Crippen molar-refractivity contribution in [1.82, 2.24) is 0 Å². The van der Waals surface area contributed by atoms with Gasteiger partial charge in [-0.15, -0.1) is 0 Å². The number of carbonyl (C=O) groups excluding carboxylic acids is 1. The highest BCUT2D eigenvalue weighted by Crippen LogP contribution is 2.25. The summed E-state index contributed by atoms with van der Waals surface area (Å²) < 4.78 is 37.5. The maximum atomic E-state index is 13.9. The Morgan fingerprint density at radius 1 is 1.03 bits per heavy atom. The lowest BCUT2D eigenvalue weighted by molar-refractivity contribution is -0.118. The topological polar surface area (TPSA) is 78.2 Å². The van der Waals surface area contributed by atoms with Gasteiger partial charge in [0.25, 0.3) is 0 Å². The molecule has 0 aromatic heterocycles. The molecule has 0 aliphatic carbocycles. The molecule has 0 saturated heterocycles. The van der Waals surface area contributed by atoms with E-state index in [4.69, 9.17) is 5.26 Å². The molecule has 0 aliphatic heterocycles. The number of amides is 1. The fourth-order valence-corrected chi connectivity index (χ4v) is 3.87. The normalized spacial score (nSPS) is 11.0. The van der Waals surface area contributed by atoms with Gasteiger partial charge in [-0.1, -0.05) is 43.3 Å². The molecule has 0 aliphatic rings. The second-order valence-electron chi connectivity index (χ2n) is 7.14. The molecule has 5 nitrogen and oxygen atoms in total. The molecule has 3 aromatic rings. The highest BCUT2D eigenvalue weighted by Gasteiger charge is 2.17. The molecule has 7 heteroatoms. The van der Waals surface area contributed by atoms with Gasteiger partial charge in [-0.2, -0.15) is 5.26 Å². The first-order valence-corrected chi connectivity index (χ1v) is 11.5. The SMILES string of the molecule is CCC(=O)N(Cc1ccc(-c2cccc(S(C)(=O)=O)c2)cc1)c1cc(F)cc(C#N)c1. The summed E-state index contributed by atoms with van der Waals surface area (Å²) in [5, 5.41) is 9.10. The van der Waals surface area contributed by atoms with Crippen LogP contribution in [0.1, 0.15) is 24.5 Å². The van der Waals surface area contributed by atoms with Crippen molar-refractivity contribution in [3.8, 4) is 17.2 Å². The largest absolute Gasteiger partial charge is 0.308 e. The van der Waals surface area contributed by atoms with E-state index in [0.29, 0.717) is 5.69 Å². The van der Waals surface area contributed by atoms with Crippen LogP contribution in [-0.4, -0.2) is 20.6 Å². The van der Waals surface area contributed by atoms with Crippen molar-refractivity contribution < 1.29 is 17.6 Å². The first kappa shape index (κ1) is 22.2. The molecule has 0 unspecified atom stereocenters. The van der Waals surface area contributed by atoms with Gasteiger partial charge in [-0.05, 0) is 47.0 Å². The average Bonchev–Trinajstić information content (AvgIpc) is 2.76. The standard InChI is InChI=1S/C24H21FN2O3S/c1-3-24(28)27(22-12-18(15-26)11-21(25)14-22)16-17-7-9-19(10-8-17)20-5-4-6-23(13-20)31(2,29)30/h4-14H,3,16H2,1-2H3. The second-order valence-corrected chi connectivity index (χ2v) is 9.16. The summed E-state index contributed by atoms with van der Waals surface area (Å²) in [5.41, 5.74) is 2.88. The molecule has 3 aromatic carbocycles. The highest BCUT2D eigenvalue weighted by molar-refractivity contribution is 7.90. The Hall–Kier alpha value is -3.50. The molecule has 0 fully saturated rings. The number of halogens is 1. The van der Waals surface area contributed by atoms with Gasteiger partial charge in [-0.3, -0.25) is 4.79 Å². The molecule has 31 heavy (non-hydrogen) atoms. The lowest BCUT2D eigenvalue weighted by Gasteiger charge is -2.23. The zero-order chi connectivity index (χ0) is 22.6. The Kier molecular flexibility index (Phi) is 6.52. The van der Waals surface area contributed by atoms with Gasteiger partial charge in [0.15, 0.2) is 9.84 Å². The van der Waals surface area contributed by atoms with Crippen molar-refractivity contribution in [2.75, 3.05) is 11.2 Å². The van der Waals surface area contributed by atoms with Gasteiger partial charge in [0, 0.05) is 18.4 Å². The minimum absolute atomic E-state index is 0.144. The van der Waals surface area contributed by atoms with Crippen molar-refractivity contribution in [3.63, 3.8) is 0 Å². The Morgan fingerprint density at radius 3 is 2.35 bits per heavy atom. The van der Waals surface area contributed by atoms with Gasteiger partial charge in [0.1, 0.15) is 5.82 Å². The second kappa shape index (κ2) is 9.11. The Balaban J connectivity index is 1.90. The lowest BCUT2D eigenvalue weighted by Crippen LogP contribution is -2.29. The van der Waals surface area contributed by atoms with E-state index in [9.17, 15) is 17.6 Å². The van der Waals surface area contributed by atoms with Gasteiger partial charge >= 0.3 is 0 Å². The summed E-state index contributed by atoms with van der Waals surface area (Å²) in [5.74, 6) is -0.775. The molecule has 158 valence electrons. The average molecular weight is 437 g/mol. The van der Waals surface area contributed by atoms with Crippen molar-refractivity contribution in [3.05, 3.63) is 83.7 Å².